The van der Waals surface area contributed by atoms with Gasteiger partial charge in [-0.15, -0.1) is 0 Å². The molecule has 2 aromatic carbocycles. The molecule has 0 amide bonds. The molecule has 1 aromatic heterocycles. The Labute approximate surface area is 149 Å². The van der Waals surface area contributed by atoms with Gasteiger partial charge in [-0.2, -0.15) is 0 Å². The standard InChI is InChI=1S/C21H16FNO3/c22-14-10-8-13(9-11-14)19(24)12-26-21(25)20-15-4-1-2-6-17(15)23-18-7-3-5-16(18)20/h1-2,4,6,8-11H,3,5,7,12H2. The molecular formula is C21H16FNO3. The van der Waals surface area contributed by atoms with Crippen LogP contribution in [0, 0.1) is 5.82 Å². The van der Waals surface area contributed by atoms with Crippen LogP contribution in [0.5, 0.6) is 0 Å². The Morgan fingerprint density at radius 2 is 1.81 bits per heavy atom. The number of para-hydroxylation sites is 1. The van der Waals surface area contributed by atoms with Gasteiger partial charge in [-0.3, -0.25) is 9.78 Å². The van der Waals surface area contributed by atoms with E-state index in [1.807, 2.05) is 24.3 Å². The number of hydrogen-bond acceptors (Lipinski definition) is 4. The topological polar surface area (TPSA) is 56.3 Å². The molecule has 0 saturated carbocycles. The first-order valence-electron chi connectivity index (χ1n) is 8.50. The van der Waals surface area contributed by atoms with E-state index in [-0.39, 0.29) is 12.4 Å². The zero-order chi connectivity index (χ0) is 18.1. The summed E-state index contributed by atoms with van der Waals surface area (Å²) in [6, 6.07) is 12.6. The first-order chi connectivity index (χ1) is 12.6. The number of fused-ring (bicyclic) bond motifs is 2. The predicted molar refractivity (Wildman–Crippen MR) is 94.8 cm³/mol. The second kappa shape index (κ2) is 6.67. The Hall–Kier alpha value is -3.08. The van der Waals surface area contributed by atoms with Crippen molar-refractivity contribution in [3.05, 3.63) is 76.7 Å². The van der Waals surface area contributed by atoms with Gasteiger partial charge in [0, 0.05) is 16.6 Å². The van der Waals surface area contributed by atoms with E-state index in [2.05, 4.69) is 4.98 Å². The second-order valence-electron chi connectivity index (χ2n) is 6.29. The monoisotopic (exact) mass is 349 g/mol. The highest BCUT2D eigenvalue weighted by Gasteiger charge is 2.25. The molecule has 1 aliphatic rings. The molecule has 0 atom stereocenters. The van der Waals surface area contributed by atoms with E-state index >= 15 is 0 Å². The minimum Gasteiger partial charge on any atom is -0.454 e. The van der Waals surface area contributed by atoms with Crippen LogP contribution in [0.4, 0.5) is 4.39 Å². The van der Waals surface area contributed by atoms with Crippen LogP contribution in [-0.4, -0.2) is 23.3 Å². The average molecular weight is 349 g/mol. The van der Waals surface area contributed by atoms with Crippen LogP contribution >= 0.6 is 0 Å². The number of ether oxygens (including phenoxy) is 1. The van der Waals surface area contributed by atoms with E-state index in [0.29, 0.717) is 11.1 Å². The van der Waals surface area contributed by atoms with Gasteiger partial charge < -0.3 is 4.74 Å². The SMILES string of the molecule is O=C(COC(=O)c1c2c(nc3ccccc13)CCC2)c1ccc(F)cc1. The first kappa shape index (κ1) is 16.4. The summed E-state index contributed by atoms with van der Waals surface area (Å²) in [6.07, 6.45) is 2.58. The molecule has 26 heavy (non-hydrogen) atoms. The zero-order valence-electron chi connectivity index (χ0n) is 14.0. The van der Waals surface area contributed by atoms with Crippen LogP contribution in [0.15, 0.2) is 48.5 Å². The summed E-state index contributed by atoms with van der Waals surface area (Å²) in [5.74, 6) is -1.30. The summed E-state index contributed by atoms with van der Waals surface area (Å²) in [4.78, 5) is 29.6. The van der Waals surface area contributed by atoms with Crippen molar-refractivity contribution in [2.75, 3.05) is 6.61 Å². The highest BCUT2D eigenvalue weighted by atomic mass is 19.1. The van der Waals surface area contributed by atoms with Crippen LogP contribution in [0.3, 0.4) is 0 Å². The molecule has 4 nitrogen and oxygen atoms in total. The molecular weight excluding hydrogens is 333 g/mol. The molecule has 0 unspecified atom stereocenters. The number of hydrogen-bond donors (Lipinski definition) is 0. The first-order valence-corrected chi connectivity index (χ1v) is 8.50. The molecule has 0 bridgehead atoms. The van der Waals surface area contributed by atoms with Crippen molar-refractivity contribution < 1.29 is 18.7 Å². The molecule has 0 saturated heterocycles. The Morgan fingerprint density at radius 1 is 1.04 bits per heavy atom. The number of aryl methyl sites for hydroxylation is 1. The molecule has 0 fully saturated rings. The number of carbonyl (C=O) groups is 2. The lowest BCUT2D eigenvalue weighted by Crippen LogP contribution is -2.16. The number of benzene rings is 2. The van der Waals surface area contributed by atoms with Crippen LogP contribution in [0.1, 0.15) is 38.4 Å². The minimum atomic E-state index is -0.516. The normalized spacial score (nSPS) is 12.8. The predicted octanol–water partition coefficient (Wildman–Crippen LogP) is 3.90. The van der Waals surface area contributed by atoms with Gasteiger partial charge in [0.05, 0.1) is 11.1 Å². The molecule has 0 spiro atoms. The number of pyridine rings is 1. The van der Waals surface area contributed by atoms with E-state index in [4.69, 9.17) is 4.74 Å². The van der Waals surface area contributed by atoms with E-state index in [9.17, 15) is 14.0 Å². The van der Waals surface area contributed by atoms with Crippen molar-refractivity contribution >= 4 is 22.7 Å². The van der Waals surface area contributed by atoms with Gasteiger partial charge in [0.2, 0.25) is 0 Å². The molecule has 0 aliphatic heterocycles. The Balaban J connectivity index is 1.61. The average Bonchev–Trinajstić information content (AvgIpc) is 3.12. The van der Waals surface area contributed by atoms with E-state index in [1.165, 1.54) is 24.3 Å². The summed E-state index contributed by atoms with van der Waals surface area (Å²) < 4.78 is 18.3. The van der Waals surface area contributed by atoms with Crippen molar-refractivity contribution in [2.45, 2.75) is 19.3 Å². The van der Waals surface area contributed by atoms with Crippen LogP contribution < -0.4 is 0 Å². The van der Waals surface area contributed by atoms with Crippen molar-refractivity contribution in [3.8, 4) is 0 Å². The Kier molecular flexibility index (Phi) is 4.21. The summed E-state index contributed by atoms with van der Waals surface area (Å²) in [5, 5.41) is 0.743. The largest absolute Gasteiger partial charge is 0.454 e. The molecule has 1 aliphatic carbocycles. The molecule has 0 N–H and O–H groups in total. The fourth-order valence-corrected chi connectivity index (χ4v) is 3.37. The van der Waals surface area contributed by atoms with Crippen LogP contribution in [0.25, 0.3) is 10.9 Å². The number of nitrogens with zero attached hydrogens (tertiary/aromatic N) is 1. The summed E-state index contributed by atoms with van der Waals surface area (Å²) in [6.45, 7) is -0.379. The van der Waals surface area contributed by atoms with Gasteiger partial charge in [-0.05, 0) is 55.2 Å². The molecule has 0 radical (unpaired) electrons. The van der Waals surface area contributed by atoms with E-state index in [0.717, 1.165) is 41.4 Å². The number of aromatic nitrogens is 1. The van der Waals surface area contributed by atoms with Crippen LogP contribution in [0.2, 0.25) is 0 Å². The maximum absolute atomic E-state index is 13.0. The smallest absolute Gasteiger partial charge is 0.339 e. The lowest BCUT2D eigenvalue weighted by Gasteiger charge is -2.12. The Bertz CT molecular complexity index is 1010. The summed E-state index contributed by atoms with van der Waals surface area (Å²) >= 11 is 0. The number of rotatable bonds is 4. The van der Waals surface area contributed by atoms with Gasteiger partial charge in [0.15, 0.2) is 12.4 Å². The van der Waals surface area contributed by atoms with Gasteiger partial charge in [-0.1, -0.05) is 18.2 Å². The number of carbonyl (C=O) groups excluding carboxylic acids is 2. The number of esters is 1. The highest BCUT2D eigenvalue weighted by molar-refractivity contribution is 6.06. The third kappa shape index (κ3) is 2.96. The summed E-state index contributed by atoms with van der Waals surface area (Å²) in [5.41, 5.74) is 3.42. The summed E-state index contributed by atoms with van der Waals surface area (Å²) in [7, 11) is 0. The van der Waals surface area contributed by atoms with Crippen molar-refractivity contribution in [3.63, 3.8) is 0 Å². The van der Waals surface area contributed by atoms with Gasteiger partial charge in [0.1, 0.15) is 5.82 Å². The third-order valence-electron chi connectivity index (χ3n) is 4.62. The van der Waals surface area contributed by atoms with Crippen molar-refractivity contribution in [1.82, 2.24) is 4.98 Å². The van der Waals surface area contributed by atoms with Gasteiger partial charge in [0.25, 0.3) is 0 Å². The maximum atomic E-state index is 13.0. The van der Waals surface area contributed by atoms with E-state index in [1.54, 1.807) is 0 Å². The van der Waals surface area contributed by atoms with Crippen molar-refractivity contribution in [1.29, 1.82) is 0 Å². The van der Waals surface area contributed by atoms with Crippen LogP contribution in [-0.2, 0) is 17.6 Å². The highest BCUT2D eigenvalue weighted by Crippen LogP contribution is 2.30. The van der Waals surface area contributed by atoms with E-state index < -0.39 is 11.8 Å². The maximum Gasteiger partial charge on any atom is 0.339 e. The van der Waals surface area contributed by atoms with Gasteiger partial charge >= 0.3 is 5.97 Å². The third-order valence-corrected chi connectivity index (χ3v) is 4.62. The fraction of sp³-hybridized carbons (Fsp3) is 0.190. The number of ketones is 1. The molecule has 4 rings (SSSR count). The lowest BCUT2D eigenvalue weighted by molar-refractivity contribution is 0.0475. The fourth-order valence-electron chi connectivity index (χ4n) is 3.37. The number of Topliss-reactive ketones (excluding diaryl/α,β-unsaturated/α-hetero) is 1. The Morgan fingerprint density at radius 3 is 2.62 bits per heavy atom. The quantitative estimate of drug-likeness (QED) is 0.529. The molecule has 3 aromatic rings. The minimum absolute atomic E-state index is 0.309. The van der Waals surface area contributed by atoms with Gasteiger partial charge in [-0.25, -0.2) is 9.18 Å². The molecule has 5 heteroatoms. The zero-order valence-corrected chi connectivity index (χ0v) is 14.0. The lowest BCUT2D eigenvalue weighted by atomic mass is 10.0. The molecule has 130 valence electrons. The van der Waals surface area contributed by atoms with Crippen molar-refractivity contribution in [2.24, 2.45) is 0 Å². The second-order valence-corrected chi connectivity index (χ2v) is 6.29. The number of halogens is 1. The molecule has 1 heterocycles.